The van der Waals surface area contributed by atoms with Gasteiger partial charge in [-0.25, -0.2) is 13.9 Å². The first-order valence-corrected chi connectivity index (χ1v) is 9.36. The normalized spacial score (nSPS) is 13.4. The average molecular weight is 393 g/mol. The Morgan fingerprint density at radius 2 is 1.83 bits per heavy atom. The summed E-state index contributed by atoms with van der Waals surface area (Å²) in [6.45, 7) is 3.17. The fourth-order valence-electron chi connectivity index (χ4n) is 3.35. The van der Waals surface area contributed by atoms with Crippen LogP contribution in [-0.2, 0) is 6.42 Å². The van der Waals surface area contributed by atoms with Gasteiger partial charge in [0.05, 0.1) is 23.1 Å². The summed E-state index contributed by atoms with van der Waals surface area (Å²) in [5, 5.41) is 9.93. The molecule has 0 spiro atoms. The van der Waals surface area contributed by atoms with E-state index in [1.165, 1.54) is 18.3 Å². The fraction of sp³-hybridized carbons (Fsp3) is 0.190. The van der Waals surface area contributed by atoms with E-state index in [0.717, 1.165) is 11.4 Å². The Labute approximate surface area is 167 Å². The number of carbonyl (C=O) groups excluding carboxylic acids is 2. The standard InChI is InChI=1S/C21H20FN5O2/c1-2-19-18(13-24-27(19)17-7-3-14(22)4-8-17)20(28)25-15-5-9-16(10-6-15)26-12-11-23-21(26)29/h3-10,13H,2,11-12H2,1H3,(H,23,29)(H,25,28). The van der Waals surface area contributed by atoms with Gasteiger partial charge in [-0.1, -0.05) is 6.92 Å². The third kappa shape index (κ3) is 3.69. The molecule has 0 aliphatic carbocycles. The molecule has 7 nitrogen and oxygen atoms in total. The molecule has 148 valence electrons. The number of nitrogens with zero attached hydrogens (tertiary/aromatic N) is 3. The van der Waals surface area contributed by atoms with Crippen LogP contribution in [0, 0.1) is 5.82 Å². The van der Waals surface area contributed by atoms with Gasteiger partial charge < -0.3 is 10.6 Å². The number of hydrogen-bond acceptors (Lipinski definition) is 3. The maximum absolute atomic E-state index is 13.2. The van der Waals surface area contributed by atoms with E-state index in [-0.39, 0.29) is 17.8 Å². The molecular weight excluding hydrogens is 373 g/mol. The van der Waals surface area contributed by atoms with E-state index in [9.17, 15) is 14.0 Å². The largest absolute Gasteiger partial charge is 0.336 e. The van der Waals surface area contributed by atoms with Crippen LogP contribution >= 0.6 is 0 Å². The van der Waals surface area contributed by atoms with E-state index in [1.807, 2.05) is 6.92 Å². The number of carbonyl (C=O) groups is 2. The van der Waals surface area contributed by atoms with E-state index in [0.29, 0.717) is 36.4 Å². The number of amides is 3. The van der Waals surface area contributed by atoms with Crippen LogP contribution in [0.1, 0.15) is 23.0 Å². The lowest BCUT2D eigenvalue weighted by Crippen LogP contribution is -2.27. The summed E-state index contributed by atoms with van der Waals surface area (Å²) in [5.74, 6) is -0.603. The first-order chi connectivity index (χ1) is 14.1. The van der Waals surface area contributed by atoms with Gasteiger partial charge in [0.2, 0.25) is 0 Å². The summed E-state index contributed by atoms with van der Waals surface area (Å²) in [6, 6.07) is 12.9. The highest BCUT2D eigenvalue weighted by atomic mass is 19.1. The van der Waals surface area contributed by atoms with Gasteiger partial charge in [0.25, 0.3) is 5.91 Å². The Bertz CT molecular complexity index is 1040. The van der Waals surface area contributed by atoms with Crippen molar-refractivity contribution >= 4 is 23.3 Å². The first kappa shape index (κ1) is 18.7. The Morgan fingerprint density at radius 3 is 2.45 bits per heavy atom. The zero-order valence-corrected chi connectivity index (χ0v) is 15.9. The van der Waals surface area contributed by atoms with Gasteiger partial charge in [-0.3, -0.25) is 9.69 Å². The first-order valence-electron chi connectivity index (χ1n) is 9.36. The lowest BCUT2D eigenvalue weighted by atomic mass is 10.1. The number of rotatable bonds is 5. The van der Waals surface area contributed by atoms with E-state index in [2.05, 4.69) is 15.7 Å². The van der Waals surface area contributed by atoms with Gasteiger partial charge in [0.1, 0.15) is 5.82 Å². The van der Waals surface area contributed by atoms with Gasteiger partial charge in [-0.15, -0.1) is 0 Å². The van der Waals surface area contributed by atoms with Gasteiger partial charge in [0.15, 0.2) is 0 Å². The summed E-state index contributed by atoms with van der Waals surface area (Å²) in [5.41, 5.74) is 3.28. The molecule has 2 N–H and O–H groups in total. The molecule has 3 amide bonds. The van der Waals surface area contributed by atoms with Gasteiger partial charge >= 0.3 is 6.03 Å². The minimum atomic E-state index is -0.327. The third-order valence-electron chi connectivity index (χ3n) is 4.81. The smallest absolute Gasteiger partial charge is 0.321 e. The molecule has 0 bridgehead atoms. The average Bonchev–Trinajstić information content (AvgIpc) is 3.35. The highest BCUT2D eigenvalue weighted by Crippen LogP contribution is 2.21. The maximum atomic E-state index is 13.2. The summed E-state index contributed by atoms with van der Waals surface area (Å²) in [4.78, 5) is 26.2. The topological polar surface area (TPSA) is 79.3 Å². The molecular formula is C21H20FN5O2. The van der Waals surface area contributed by atoms with Crippen LogP contribution in [0.25, 0.3) is 5.69 Å². The predicted octanol–water partition coefficient (Wildman–Crippen LogP) is 3.36. The molecule has 1 aliphatic rings. The molecule has 2 aromatic carbocycles. The summed E-state index contributed by atoms with van der Waals surface area (Å²) in [7, 11) is 0. The molecule has 1 aromatic heterocycles. The predicted molar refractivity (Wildman–Crippen MR) is 108 cm³/mol. The van der Waals surface area contributed by atoms with Crippen molar-refractivity contribution in [2.45, 2.75) is 13.3 Å². The van der Waals surface area contributed by atoms with E-state index < -0.39 is 0 Å². The van der Waals surface area contributed by atoms with Crippen molar-refractivity contribution in [3.63, 3.8) is 0 Å². The third-order valence-corrected chi connectivity index (χ3v) is 4.81. The lowest BCUT2D eigenvalue weighted by Gasteiger charge is -2.14. The van der Waals surface area contributed by atoms with E-state index >= 15 is 0 Å². The highest BCUT2D eigenvalue weighted by molar-refractivity contribution is 6.05. The van der Waals surface area contributed by atoms with Gasteiger partial charge in [-0.2, -0.15) is 5.10 Å². The number of aromatic nitrogens is 2. The van der Waals surface area contributed by atoms with Crippen molar-refractivity contribution < 1.29 is 14.0 Å². The Kier molecular flexibility index (Phi) is 4.99. The summed E-state index contributed by atoms with van der Waals surface area (Å²) < 4.78 is 14.8. The quantitative estimate of drug-likeness (QED) is 0.698. The monoisotopic (exact) mass is 393 g/mol. The number of halogens is 1. The second-order valence-corrected chi connectivity index (χ2v) is 6.63. The molecule has 0 saturated carbocycles. The number of urea groups is 1. The van der Waals surface area contributed by atoms with Crippen LogP contribution in [-0.4, -0.2) is 34.8 Å². The number of benzene rings is 2. The van der Waals surface area contributed by atoms with Crippen molar-refractivity contribution in [2.75, 3.05) is 23.3 Å². The molecule has 8 heteroatoms. The van der Waals surface area contributed by atoms with Crippen molar-refractivity contribution in [3.05, 3.63) is 71.8 Å². The molecule has 1 saturated heterocycles. The van der Waals surface area contributed by atoms with E-state index in [1.54, 1.807) is 46.0 Å². The highest BCUT2D eigenvalue weighted by Gasteiger charge is 2.21. The second kappa shape index (κ2) is 7.75. The number of hydrogen-bond donors (Lipinski definition) is 2. The van der Waals surface area contributed by atoms with Crippen molar-refractivity contribution in [1.82, 2.24) is 15.1 Å². The zero-order valence-electron chi connectivity index (χ0n) is 15.9. The second-order valence-electron chi connectivity index (χ2n) is 6.63. The minimum Gasteiger partial charge on any atom is -0.336 e. The summed E-state index contributed by atoms with van der Waals surface area (Å²) >= 11 is 0. The molecule has 1 fully saturated rings. The number of nitrogens with one attached hydrogen (secondary N) is 2. The van der Waals surface area contributed by atoms with Crippen molar-refractivity contribution in [3.8, 4) is 5.69 Å². The van der Waals surface area contributed by atoms with Crippen LogP contribution < -0.4 is 15.5 Å². The number of anilines is 2. The van der Waals surface area contributed by atoms with Crippen LogP contribution in [0.2, 0.25) is 0 Å². The maximum Gasteiger partial charge on any atom is 0.321 e. The zero-order chi connectivity index (χ0) is 20.4. The van der Waals surface area contributed by atoms with Gasteiger partial charge in [0, 0.05) is 24.5 Å². The fourth-order valence-corrected chi connectivity index (χ4v) is 3.35. The molecule has 3 aromatic rings. The summed E-state index contributed by atoms with van der Waals surface area (Å²) in [6.07, 6.45) is 2.10. The SMILES string of the molecule is CCc1c(C(=O)Nc2ccc(N3CCNC3=O)cc2)cnn1-c1ccc(F)cc1. The van der Waals surface area contributed by atoms with Crippen molar-refractivity contribution in [2.24, 2.45) is 0 Å². The lowest BCUT2D eigenvalue weighted by molar-refractivity contribution is 0.102. The molecule has 0 radical (unpaired) electrons. The van der Waals surface area contributed by atoms with Crippen LogP contribution in [0.3, 0.4) is 0 Å². The Balaban J connectivity index is 1.52. The van der Waals surface area contributed by atoms with Gasteiger partial charge in [-0.05, 0) is 55.0 Å². The molecule has 4 rings (SSSR count). The Hall–Kier alpha value is -3.68. The van der Waals surface area contributed by atoms with Crippen molar-refractivity contribution in [1.29, 1.82) is 0 Å². The molecule has 2 heterocycles. The molecule has 0 unspecified atom stereocenters. The van der Waals surface area contributed by atoms with Crippen LogP contribution in [0.5, 0.6) is 0 Å². The molecule has 29 heavy (non-hydrogen) atoms. The van der Waals surface area contributed by atoms with Crippen LogP contribution in [0.4, 0.5) is 20.6 Å². The Morgan fingerprint density at radius 1 is 1.14 bits per heavy atom. The molecule has 1 aliphatic heterocycles. The minimum absolute atomic E-state index is 0.123. The molecule has 0 atom stereocenters. The van der Waals surface area contributed by atoms with E-state index in [4.69, 9.17) is 0 Å². The van der Waals surface area contributed by atoms with Crippen LogP contribution in [0.15, 0.2) is 54.7 Å².